The van der Waals surface area contributed by atoms with Gasteiger partial charge in [0.25, 0.3) is 0 Å². The van der Waals surface area contributed by atoms with Gasteiger partial charge in [-0.05, 0) is 35.1 Å². The highest BCUT2D eigenvalue weighted by molar-refractivity contribution is 5.96. The number of amides is 1. The van der Waals surface area contributed by atoms with Gasteiger partial charge in [0.15, 0.2) is 0 Å². The Hall–Kier alpha value is -2.75. The van der Waals surface area contributed by atoms with Gasteiger partial charge in [-0.25, -0.2) is 0 Å². The third kappa shape index (κ3) is 4.00. The number of ether oxygens (including phenoxy) is 1. The fraction of sp³-hybridized carbons (Fsp3) is 0.348. The van der Waals surface area contributed by atoms with Crippen molar-refractivity contribution in [3.63, 3.8) is 0 Å². The molecule has 0 aliphatic heterocycles. The van der Waals surface area contributed by atoms with Crippen LogP contribution in [0.1, 0.15) is 56.2 Å². The average molecular weight is 365 g/mol. The number of benzene rings is 2. The van der Waals surface area contributed by atoms with E-state index in [9.17, 15) is 4.79 Å². The molecule has 3 aromatic rings. The normalized spacial score (nSPS) is 11.4. The third-order valence-electron chi connectivity index (χ3n) is 4.85. The maximum atomic E-state index is 12.8. The van der Waals surface area contributed by atoms with E-state index in [1.54, 1.807) is 13.4 Å². The Labute approximate surface area is 160 Å². The minimum absolute atomic E-state index is 0.0384. The Morgan fingerprint density at radius 3 is 2.33 bits per heavy atom. The molecule has 0 aliphatic rings. The molecule has 0 saturated carbocycles. The zero-order chi connectivity index (χ0) is 19.6. The minimum Gasteiger partial charge on any atom is -0.497 e. The summed E-state index contributed by atoms with van der Waals surface area (Å²) in [7, 11) is 1.62. The molecule has 1 heterocycles. The van der Waals surface area contributed by atoms with Crippen LogP contribution in [0.4, 0.5) is 5.69 Å². The SMILES string of the molecule is COc1ccc2c(CC(=O)Nc3c(C(C)C)cccc3C(C)C)coc2c1. The molecule has 0 bridgehead atoms. The highest BCUT2D eigenvalue weighted by Crippen LogP contribution is 2.33. The van der Waals surface area contributed by atoms with E-state index in [2.05, 4.69) is 51.2 Å². The lowest BCUT2D eigenvalue weighted by Gasteiger charge is -2.20. The van der Waals surface area contributed by atoms with Crippen LogP contribution in [0, 0.1) is 0 Å². The fourth-order valence-electron chi connectivity index (χ4n) is 3.38. The van der Waals surface area contributed by atoms with Crippen molar-refractivity contribution >= 4 is 22.6 Å². The summed E-state index contributed by atoms with van der Waals surface area (Å²) < 4.78 is 10.8. The van der Waals surface area contributed by atoms with Crippen molar-refractivity contribution in [2.45, 2.75) is 46.0 Å². The van der Waals surface area contributed by atoms with Crippen molar-refractivity contribution in [3.8, 4) is 5.75 Å². The third-order valence-corrected chi connectivity index (χ3v) is 4.85. The molecular formula is C23H27NO3. The van der Waals surface area contributed by atoms with Crippen molar-refractivity contribution in [1.82, 2.24) is 0 Å². The van der Waals surface area contributed by atoms with E-state index in [-0.39, 0.29) is 12.3 Å². The van der Waals surface area contributed by atoms with Gasteiger partial charge in [-0.2, -0.15) is 0 Å². The fourth-order valence-corrected chi connectivity index (χ4v) is 3.38. The van der Waals surface area contributed by atoms with Crippen LogP contribution in [0.25, 0.3) is 11.0 Å². The van der Waals surface area contributed by atoms with E-state index in [0.29, 0.717) is 11.8 Å². The molecule has 4 heteroatoms. The van der Waals surface area contributed by atoms with Crippen LogP contribution >= 0.6 is 0 Å². The van der Waals surface area contributed by atoms with Crippen LogP contribution in [0.5, 0.6) is 5.75 Å². The van der Waals surface area contributed by atoms with Gasteiger partial charge >= 0.3 is 0 Å². The average Bonchev–Trinajstić information content (AvgIpc) is 3.03. The van der Waals surface area contributed by atoms with Crippen LogP contribution in [-0.4, -0.2) is 13.0 Å². The number of hydrogen-bond acceptors (Lipinski definition) is 3. The van der Waals surface area contributed by atoms with Crippen molar-refractivity contribution in [3.05, 3.63) is 59.4 Å². The van der Waals surface area contributed by atoms with Crippen LogP contribution in [0.3, 0.4) is 0 Å². The summed E-state index contributed by atoms with van der Waals surface area (Å²) in [6.07, 6.45) is 1.92. The molecule has 3 rings (SSSR count). The van der Waals surface area contributed by atoms with Gasteiger partial charge in [-0.3, -0.25) is 4.79 Å². The van der Waals surface area contributed by atoms with Gasteiger partial charge in [0, 0.05) is 22.7 Å². The van der Waals surface area contributed by atoms with E-state index >= 15 is 0 Å². The van der Waals surface area contributed by atoms with Crippen molar-refractivity contribution in [1.29, 1.82) is 0 Å². The summed E-state index contributed by atoms with van der Waals surface area (Å²) in [5, 5.41) is 4.10. The van der Waals surface area contributed by atoms with Crippen LogP contribution < -0.4 is 10.1 Å². The molecule has 142 valence electrons. The van der Waals surface area contributed by atoms with Crippen LogP contribution in [0.2, 0.25) is 0 Å². The number of hydrogen-bond donors (Lipinski definition) is 1. The molecule has 1 N–H and O–H groups in total. The first kappa shape index (κ1) is 19.0. The first-order chi connectivity index (χ1) is 12.9. The molecule has 2 aromatic carbocycles. The lowest BCUT2D eigenvalue weighted by atomic mass is 9.92. The molecule has 0 fully saturated rings. The second-order valence-electron chi connectivity index (χ2n) is 7.47. The summed E-state index contributed by atoms with van der Waals surface area (Å²) in [6, 6.07) is 11.9. The van der Waals surface area contributed by atoms with Gasteiger partial charge in [-0.1, -0.05) is 45.9 Å². The maximum Gasteiger partial charge on any atom is 0.228 e. The molecule has 0 atom stereocenters. The second kappa shape index (κ2) is 7.87. The largest absolute Gasteiger partial charge is 0.497 e. The number of carbonyl (C=O) groups excluding carboxylic acids is 1. The molecule has 1 aromatic heterocycles. The van der Waals surface area contributed by atoms with E-state index in [1.165, 1.54) is 0 Å². The zero-order valence-electron chi connectivity index (χ0n) is 16.6. The lowest BCUT2D eigenvalue weighted by Crippen LogP contribution is -2.17. The van der Waals surface area contributed by atoms with Crippen molar-refractivity contribution < 1.29 is 13.9 Å². The molecule has 1 amide bonds. The highest BCUT2D eigenvalue weighted by atomic mass is 16.5. The van der Waals surface area contributed by atoms with Gasteiger partial charge in [0.05, 0.1) is 19.8 Å². The van der Waals surface area contributed by atoms with Crippen molar-refractivity contribution in [2.75, 3.05) is 12.4 Å². The summed E-state index contributed by atoms with van der Waals surface area (Å²) in [6.45, 7) is 8.58. The number of furan rings is 1. The molecule has 27 heavy (non-hydrogen) atoms. The molecule has 0 radical (unpaired) electrons. The maximum absolute atomic E-state index is 12.8. The number of rotatable bonds is 6. The van der Waals surface area contributed by atoms with Gasteiger partial charge in [0.2, 0.25) is 5.91 Å². The van der Waals surface area contributed by atoms with E-state index in [0.717, 1.165) is 39.1 Å². The monoisotopic (exact) mass is 365 g/mol. The lowest BCUT2D eigenvalue weighted by molar-refractivity contribution is -0.115. The predicted octanol–water partition coefficient (Wildman–Crippen LogP) is 5.87. The molecule has 4 nitrogen and oxygen atoms in total. The quantitative estimate of drug-likeness (QED) is 0.594. The molecule has 0 unspecified atom stereocenters. The van der Waals surface area contributed by atoms with Crippen LogP contribution in [-0.2, 0) is 11.2 Å². The molecule has 0 spiro atoms. The Bertz CT molecular complexity index is 927. The summed E-state index contributed by atoms with van der Waals surface area (Å²) >= 11 is 0. The Morgan fingerprint density at radius 1 is 1.07 bits per heavy atom. The van der Waals surface area contributed by atoms with Gasteiger partial charge in [-0.15, -0.1) is 0 Å². The predicted molar refractivity (Wildman–Crippen MR) is 110 cm³/mol. The first-order valence-electron chi connectivity index (χ1n) is 9.37. The van der Waals surface area contributed by atoms with E-state index in [1.807, 2.05) is 18.2 Å². The Balaban J connectivity index is 1.86. The minimum atomic E-state index is -0.0384. The smallest absolute Gasteiger partial charge is 0.228 e. The number of carbonyl (C=O) groups is 1. The van der Waals surface area contributed by atoms with Gasteiger partial charge in [0.1, 0.15) is 11.3 Å². The molecular weight excluding hydrogens is 338 g/mol. The number of fused-ring (bicyclic) bond motifs is 1. The molecule has 0 saturated heterocycles. The highest BCUT2D eigenvalue weighted by Gasteiger charge is 2.17. The summed E-state index contributed by atoms with van der Waals surface area (Å²) in [5.74, 6) is 1.37. The Kier molecular flexibility index (Phi) is 5.54. The number of anilines is 1. The Morgan fingerprint density at radius 2 is 1.74 bits per heavy atom. The number of methoxy groups -OCH3 is 1. The molecule has 0 aliphatic carbocycles. The van der Waals surface area contributed by atoms with Crippen molar-refractivity contribution in [2.24, 2.45) is 0 Å². The number of nitrogens with one attached hydrogen (secondary N) is 1. The standard InChI is InChI=1S/C23H27NO3/c1-14(2)18-7-6-8-19(15(3)4)23(18)24-22(25)11-16-13-27-21-12-17(26-5)9-10-20(16)21/h6-10,12-15H,11H2,1-5H3,(H,24,25). The second-order valence-corrected chi connectivity index (χ2v) is 7.47. The van der Waals surface area contributed by atoms with E-state index < -0.39 is 0 Å². The van der Waals surface area contributed by atoms with E-state index in [4.69, 9.17) is 9.15 Å². The van der Waals surface area contributed by atoms with Gasteiger partial charge < -0.3 is 14.5 Å². The summed E-state index contributed by atoms with van der Waals surface area (Å²) in [5.41, 5.74) is 4.87. The summed E-state index contributed by atoms with van der Waals surface area (Å²) in [4.78, 5) is 12.8. The first-order valence-corrected chi connectivity index (χ1v) is 9.37. The zero-order valence-corrected chi connectivity index (χ0v) is 16.6. The number of para-hydroxylation sites is 1. The topological polar surface area (TPSA) is 51.5 Å². The van der Waals surface area contributed by atoms with Crippen LogP contribution in [0.15, 0.2) is 47.1 Å².